The molecule has 0 unspecified atom stereocenters. The molecular formula is C27H29ClN6O3. The molecule has 4 aromatic rings. The van der Waals surface area contributed by atoms with Crippen molar-refractivity contribution in [2.24, 2.45) is 0 Å². The van der Waals surface area contributed by atoms with Crippen LogP contribution in [0.25, 0.3) is 11.1 Å². The summed E-state index contributed by atoms with van der Waals surface area (Å²) in [7, 11) is 2.12. The maximum atomic E-state index is 13.0. The van der Waals surface area contributed by atoms with Gasteiger partial charge >= 0.3 is 0 Å². The first-order chi connectivity index (χ1) is 17.7. The van der Waals surface area contributed by atoms with Crippen LogP contribution in [0.2, 0.25) is 5.02 Å². The number of carbonyl (C=O) groups excluding carboxylic acids is 2. The van der Waals surface area contributed by atoms with Gasteiger partial charge in [0, 0.05) is 48.5 Å². The minimum Gasteiger partial charge on any atom is -0.445 e. The molecule has 0 aliphatic carbocycles. The second kappa shape index (κ2) is 9.91. The van der Waals surface area contributed by atoms with Gasteiger partial charge in [-0.25, -0.2) is 0 Å². The number of aromatic nitrogens is 2. The zero-order valence-electron chi connectivity index (χ0n) is 21.0. The monoisotopic (exact) mass is 520 g/mol. The molecule has 0 atom stereocenters. The van der Waals surface area contributed by atoms with Gasteiger partial charge in [0.25, 0.3) is 11.8 Å². The minimum atomic E-state index is -0.686. The number of rotatable bonds is 6. The number of carbonyl (C=O) groups is 2. The van der Waals surface area contributed by atoms with Crippen molar-refractivity contribution in [2.45, 2.75) is 19.4 Å². The molecule has 0 bridgehead atoms. The van der Waals surface area contributed by atoms with Gasteiger partial charge in [0.05, 0.1) is 5.54 Å². The Bertz CT molecular complexity index is 1430. The summed E-state index contributed by atoms with van der Waals surface area (Å²) in [6, 6.07) is 16.4. The predicted octanol–water partition coefficient (Wildman–Crippen LogP) is 4.48. The first-order valence-electron chi connectivity index (χ1n) is 12.1. The predicted molar refractivity (Wildman–Crippen MR) is 144 cm³/mol. The minimum absolute atomic E-state index is 0.103. The van der Waals surface area contributed by atoms with E-state index >= 15 is 0 Å². The van der Waals surface area contributed by atoms with Crippen molar-refractivity contribution in [3.8, 4) is 0 Å². The molecule has 2 aromatic heterocycles. The number of furan rings is 1. The van der Waals surface area contributed by atoms with Crippen molar-refractivity contribution in [1.29, 1.82) is 0 Å². The summed E-state index contributed by atoms with van der Waals surface area (Å²) >= 11 is 6.11. The highest BCUT2D eigenvalue weighted by molar-refractivity contribution is 6.30. The number of hydrogen-bond donors (Lipinski definition) is 3. The van der Waals surface area contributed by atoms with Crippen LogP contribution in [-0.2, 0) is 5.54 Å². The summed E-state index contributed by atoms with van der Waals surface area (Å²) in [5.41, 5.74) is 2.57. The topological polar surface area (TPSA) is 106 Å². The number of halogens is 1. The zero-order valence-corrected chi connectivity index (χ0v) is 21.7. The van der Waals surface area contributed by atoms with E-state index in [1.807, 2.05) is 44.2 Å². The van der Waals surface area contributed by atoms with Crippen LogP contribution in [0.4, 0.5) is 11.5 Å². The average molecular weight is 521 g/mol. The van der Waals surface area contributed by atoms with E-state index in [9.17, 15) is 9.59 Å². The van der Waals surface area contributed by atoms with Gasteiger partial charge in [-0.3, -0.25) is 14.7 Å². The molecule has 5 rings (SSSR count). The Kier molecular flexibility index (Phi) is 6.66. The normalized spacial score (nSPS) is 14.6. The summed E-state index contributed by atoms with van der Waals surface area (Å²) in [6.07, 6.45) is 0. The highest BCUT2D eigenvalue weighted by atomic mass is 35.5. The molecule has 0 spiro atoms. The number of H-pyrrole nitrogens is 1. The van der Waals surface area contributed by atoms with Gasteiger partial charge in [0.2, 0.25) is 0 Å². The number of fused-ring (bicyclic) bond motifs is 1. The molecule has 2 aromatic carbocycles. The molecule has 37 heavy (non-hydrogen) atoms. The zero-order chi connectivity index (χ0) is 26.2. The molecule has 0 radical (unpaired) electrons. The van der Waals surface area contributed by atoms with Crippen molar-refractivity contribution >= 4 is 46.0 Å². The fourth-order valence-corrected chi connectivity index (χ4v) is 4.57. The highest BCUT2D eigenvalue weighted by Crippen LogP contribution is 2.27. The standard InChI is InChI=1S/C27H29ClN6O3/c1-27(2,18-5-4-6-19(28)15-18)30-26(36)22-16-21-23(37-22)24(32-31-21)29-25(35)17-7-9-20(10-8-17)34-13-11-33(3)12-14-34/h4-10,15-16H,11-14H2,1-3H3,(H,30,36)(H2,29,31,32,35). The molecular weight excluding hydrogens is 492 g/mol. The Labute approximate surface area is 219 Å². The average Bonchev–Trinajstić information content (AvgIpc) is 3.46. The number of amides is 2. The molecule has 0 saturated carbocycles. The van der Waals surface area contributed by atoms with Crippen LogP contribution in [0.1, 0.15) is 40.3 Å². The smallest absolute Gasteiger partial charge is 0.287 e. The Morgan fingerprint density at radius 2 is 1.76 bits per heavy atom. The molecule has 1 saturated heterocycles. The van der Waals surface area contributed by atoms with E-state index in [0.29, 0.717) is 21.7 Å². The van der Waals surface area contributed by atoms with Gasteiger partial charge in [0.1, 0.15) is 5.52 Å². The second-order valence-corrected chi connectivity index (χ2v) is 10.2. The maximum absolute atomic E-state index is 13.0. The molecule has 9 nitrogen and oxygen atoms in total. The summed E-state index contributed by atoms with van der Waals surface area (Å²) in [5.74, 6) is -0.392. The maximum Gasteiger partial charge on any atom is 0.287 e. The van der Waals surface area contributed by atoms with Gasteiger partial charge in [-0.2, -0.15) is 5.10 Å². The molecule has 1 fully saturated rings. The number of nitrogens with zero attached hydrogens (tertiary/aromatic N) is 3. The van der Waals surface area contributed by atoms with Crippen LogP contribution < -0.4 is 15.5 Å². The fraction of sp³-hybridized carbons (Fsp3) is 0.296. The third-order valence-corrected chi connectivity index (χ3v) is 6.90. The Morgan fingerprint density at radius 1 is 1.03 bits per heavy atom. The first kappa shape index (κ1) is 24.9. The van der Waals surface area contributed by atoms with Gasteiger partial charge in [0.15, 0.2) is 17.2 Å². The number of nitrogens with one attached hydrogen (secondary N) is 3. The lowest BCUT2D eigenvalue weighted by Gasteiger charge is -2.34. The highest BCUT2D eigenvalue weighted by Gasteiger charge is 2.26. The fourth-order valence-electron chi connectivity index (χ4n) is 4.38. The van der Waals surface area contributed by atoms with Gasteiger partial charge in [-0.05, 0) is 62.9 Å². The Hall–Kier alpha value is -3.82. The molecule has 2 amide bonds. The second-order valence-electron chi connectivity index (χ2n) is 9.81. The van der Waals surface area contributed by atoms with Crippen molar-refractivity contribution in [2.75, 3.05) is 43.4 Å². The number of aromatic amines is 1. The van der Waals surface area contributed by atoms with E-state index in [4.69, 9.17) is 16.0 Å². The number of hydrogen-bond acceptors (Lipinski definition) is 6. The van der Waals surface area contributed by atoms with Gasteiger partial charge < -0.3 is 24.9 Å². The third kappa shape index (κ3) is 5.33. The lowest BCUT2D eigenvalue weighted by Crippen LogP contribution is -2.44. The summed E-state index contributed by atoms with van der Waals surface area (Å²) < 4.78 is 5.79. The van der Waals surface area contributed by atoms with Crippen LogP contribution in [0.3, 0.4) is 0 Å². The van der Waals surface area contributed by atoms with E-state index in [-0.39, 0.29) is 17.5 Å². The van der Waals surface area contributed by atoms with E-state index < -0.39 is 11.4 Å². The first-order valence-corrected chi connectivity index (χ1v) is 12.5. The quantitative estimate of drug-likeness (QED) is 0.346. The molecule has 1 aliphatic rings. The van der Waals surface area contributed by atoms with Crippen molar-refractivity contribution in [1.82, 2.24) is 20.4 Å². The number of likely N-dealkylation sites (N-methyl/N-ethyl adjacent to an activating group) is 1. The van der Waals surface area contributed by atoms with Gasteiger partial charge in [-0.15, -0.1) is 0 Å². The molecule has 1 aliphatic heterocycles. The summed E-state index contributed by atoms with van der Waals surface area (Å²) in [4.78, 5) is 30.4. The third-order valence-electron chi connectivity index (χ3n) is 6.66. The molecule has 3 N–H and O–H groups in total. The van der Waals surface area contributed by atoms with Crippen LogP contribution >= 0.6 is 11.6 Å². The van der Waals surface area contributed by atoms with E-state index in [1.165, 1.54) is 0 Å². The summed E-state index contributed by atoms with van der Waals surface area (Å²) in [6.45, 7) is 7.70. The lowest BCUT2D eigenvalue weighted by atomic mass is 9.94. The van der Waals surface area contributed by atoms with Crippen LogP contribution in [-0.4, -0.2) is 60.1 Å². The number of anilines is 2. The Balaban J connectivity index is 1.27. The van der Waals surface area contributed by atoms with E-state index in [1.54, 1.807) is 24.3 Å². The van der Waals surface area contributed by atoms with E-state index in [2.05, 4.69) is 37.7 Å². The summed E-state index contributed by atoms with van der Waals surface area (Å²) in [5, 5.41) is 13.3. The molecule has 10 heteroatoms. The van der Waals surface area contributed by atoms with E-state index in [0.717, 1.165) is 37.4 Å². The van der Waals surface area contributed by atoms with Gasteiger partial charge in [-0.1, -0.05) is 23.7 Å². The lowest BCUT2D eigenvalue weighted by molar-refractivity contribution is 0.0885. The van der Waals surface area contributed by atoms with Crippen LogP contribution in [0.15, 0.2) is 59.0 Å². The van der Waals surface area contributed by atoms with Crippen molar-refractivity contribution in [3.05, 3.63) is 76.5 Å². The molecule has 192 valence electrons. The van der Waals surface area contributed by atoms with Crippen LogP contribution in [0.5, 0.6) is 0 Å². The SMILES string of the molecule is CN1CCN(c2ccc(C(=O)Nc3n[nH]c4cc(C(=O)NC(C)(C)c5cccc(Cl)c5)oc34)cc2)CC1. The Morgan fingerprint density at radius 3 is 2.46 bits per heavy atom. The van der Waals surface area contributed by atoms with Crippen molar-refractivity contribution < 1.29 is 14.0 Å². The van der Waals surface area contributed by atoms with Crippen molar-refractivity contribution in [3.63, 3.8) is 0 Å². The largest absolute Gasteiger partial charge is 0.445 e. The van der Waals surface area contributed by atoms with Crippen LogP contribution in [0, 0.1) is 0 Å². The number of piperazine rings is 1. The molecule has 3 heterocycles. The number of benzene rings is 2.